The molecule has 0 amide bonds. The Morgan fingerprint density at radius 2 is 2.33 bits per heavy atom. The van der Waals surface area contributed by atoms with E-state index in [9.17, 15) is 5.11 Å². The number of aliphatic hydroxyl groups excluding tert-OH is 1. The Bertz CT molecular complexity index is 281. The van der Waals surface area contributed by atoms with E-state index in [4.69, 9.17) is 4.74 Å². The molecule has 3 heterocycles. The van der Waals surface area contributed by atoms with Gasteiger partial charge in [0.15, 0.2) is 0 Å². The van der Waals surface area contributed by atoms with Crippen LogP contribution in [-0.4, -0.2) is 59.5 Å². The Labute approximate surface area is 114 Å². The highest BCUT2D eigenvalue weighted by atomic mass is 32.2. The summed E-state index contributed by atoms with van der Waals surface area (Å²) in [4.78, 5) is 2.64. The SMILES string of the molecule is OCC1CCCN(C2CCOC3(CCSC3)C2)C1. The molecule has 0 aromatic carbocycles. The predicted molar refractivity (Wildman–Crippen MR) is 75.0 cm³/mol. The highest BCUT2D eigenvalue weighted by Crippen LogP contribution is 2.40. The molecule has 0 bridgehead atoms. The highest BCUT2D eigenvalue weighted by Gasteiger charge is 2.42. The Hall–Kier alpha value is 0.230. The summed E-state index contributed by atoms with van der Waals surface area (Å²) in [5.74, 6) is 2.97. The minimum absolute atomic E-state index is 0.194. The first-order valence-electron chi connectivity index (χ1n) is 7.38. The minimum atomic E-state index is 0.194. The van der Waals surface area contributed by atoms with Crippen molar-refractivity contribution in [3.8, 4) is 0 Å². The maximum absolute atomic E-state index is 9.36. The van der Waals surface area contributed by atoms with Crippen molar-refractivity contribution in [1.29, 1.82) is 0 Å². The third-order valence-electron chi connectivity index (χ3n) is 4.86. The standard InChI is InChI=1S/C14H25NO2S/c16-10-12-2-1-5-15(9-12)13-3-6-17-14(8-13)4-7-18-11-14/h12-13,16H,1-11H2. The molecule has 3 saturated heterocycles. The molecular weight excluding hydrogens is 246 g/mol. The fourth-order valence-corrected chi connectivity index (χ4v) is 5.13. The largest absolute Gasteiger partial charge is 0.396 e. The highest BCUT2D eigenvalue weighted by molar-refractivity contribution is 7.99. The molecule has 1 spiro atoms. The van der Waals surface area contributed by atoms with Crippen LogP contribution in [0.2, 0.25) is 0 Å². The fraction of sp³-hybridized carbons (Fsp3) is 1.00. The zero-order valence-corrected chi connectivity index (χ0v) is 12.0. The molecule has 4 heteroatoms. The Balaban J connectivity index is 1.61. The average Bonchev–Trinajstić information content (AvgIpc) is 2.87. The lowest BCUT2D eigenvalue weighted by molar-refractivity contribution is -0.0948. The van der Waals surface area contributed by atoms with Crippen LogP contribution < -0.4 is 0 Å². The van der Waals surface area contributed by atoms with Crippen molar-refractivity contribution in [2.75, 3.05) is 37.8 Å². The molecule has 0 aliphatic carbocycles. The molecule has 3 unspecified atom stereocenters. The fourth-order valence-electron chi connectivity index (χ4n) is 3.75. The van der Waals surface area contributed by atoms with Gasteiger partial charge in [0, 0.05) is 31.6 Å². The quantitative estimate of drug-likeness (QED) is 0.829. The smallest absolute Gasteiger partial charge is 0.0795 e. The van der Waals surface area contributed by atoms with Crippen molar-refractivity contribution >= 4 is 11.8 Å². The van der Waals surface area contributed by atoms with E-state index in [-0.39, 0.29) is 5.60 Å². The summed E-state index contributed by atoms with van der Waals surface area (Å²) in [5, 5.41) is 9.36. The maximum Gasteiger partial charge on any atom is 0.0795 e. The summed E-state index contributed by atoms with van der Waals surface area (Å²) in [7, 11) is 0. The van der Waals surface area contributed by atoms with Gasteiger partial charge in [-0.05, 0) is 50.3 Å². The summed E-state index contributed by atoms with van der Waals surface area (Å²) >= 11 is 2.05. The van der Waals surface area contributed by atoms with Gasteiger partial charge in [-0.25, -0.2) is 0 Å². The van der Waals surface area contributed by atoms with Crippen LogP contribution in [0.4, 0.5) is 0 Å². The number of thioether (sulfide) groups is 1. The van der Waals surface area contributed by atoms with Crippen LogP contribution in [0.1, 0.15) is 32.1 Å². The predicted octanol–water partition coefficient (Wildman–Crippen LogP) is 1.75. The number of piperidine rings is 1. The lowest BCUT2D eigenvalue weighted by Gasteiger charge is -2.45. The van der Waals surface area contributed by atoms with Gasteiger partial charge in [-0.2, -0.15) is 11.8 Å². The molecule has 0 aromatic heterocycles. The van der Waals surface area contributed by atoms with Gasteiger partial charge in [0.1, 0.15) is 0 Å². The van der Waals surface area contributed by atoms with Gasteiger partial charge >= 0.3 is 0 Å². The number of rotatable bonds is 2. The van der Waals surface area contributed by atoms with Crippen molar-refractivity contribution < 1.29 is 9.84 Å². The number of aliphatic hydroxyl groups is 1. The molecule has 1 N–H and O–H groups in total. The van der Waals surface area contributed by atoms with Gasteiger partial charge in [-0.1, -0.05) is 0 Å². The van der Waals surface area contributed by atoms with E-state index in [0.29, 0.717) is 18.6 Å². The average molecular weight is 271 g/mol. The Morgan fingerprint density at radius 1 is 1.39 bits per heavy atom. The Kier molecular flexibility index (Phi) is 4.18. The number of hydrogen-bond donors (Lipinski definition) is 1. The van der Waals surface area contributed by atoms with Crippen LogP contribution in [0, 0.1) is 5.92 Å². The van der Waals surface area contributed by atoms with Gasteiger partial charge < -0.3 is 9.84 Å². The van der Waals surface area contributed by atoms with Gasteiger partial charge in [-0.15, -0.1) is 0 Å². The minimum Gasteiger partial charge on any atom is -0.396 e. The van der Waals surface area contributed by atoms with E-state index in [1.165, 1.54) is 50.2 Å². The molecule has 104 valence electrons. The zero-order valence-electron chi connectivity index (χ0n) is 11.1. The summed E-state index contributed by atoms with van der Waals surface area (Å²) in [5.41, 5.74) is 0.194. The second kappa shape index (κ2) is 5.70. The third kappa shape index (κ3) is 2.72. The molecule has 3 aliphatic heterocycles. The van der Waals surface area contributed by atoms with Crippen molar-refractivity contribution in [2.24, 2.45) is 5.92 Å². The number of hydrogen-bond acceptors (Lipinski definition) is 4. The molecule has 0 aromatic rings. The first-order chi connectivity index (χ1) is 8.81. The van der Waals surface area contributed by atoms with Crippen LogP contribution in [0.5, 0.6) is 0 Å². The molecule has 18 heavy (non-hydrogen) atoms. The third-order valence-corrected chi connectivity index (χ3v) is 6.08. The summed E-state index contributed by atoms with van der Waals surface area (Å²) in [6, 6.07) is 0.701. The monoisotopic (exact) mass is 271 g/mol. The van der Waals surface area contributed by atoms with Crippen LogP contribution in [0.25, 0.3) is 0 Å². The van der Waals surface area contributed by atoms with Crippen LogP contribution in [0.3, 0.4) is 0 Å². The van der Waals surface area contributed by atoms with Crippen LogP contribution in [0.15, 0.2) is 0 Å². The van der Waals surface area contributed by atoms with E-state index >= 15 is 0 Å². The second-order valence-corrected chi connectivity index (χ2v) is 7.27. The van der Waals surface area contributed by atoms with Crippen molar-refractivity contribution in [1.82, 2.24) is 4.90 Å². The maximum atomic E-state index is 9.36. The molecule has 3 fully saturated rings. The molecule has 3 rings (SSSR count). The first-order valence-corrected chi connectivity index (χ1v) is 8.53. The number of ether oxygens (including phenoxy) is 1. The van der Waals surface area contributed by atoms with Gasteiger partial charge in [-0.3, -0.25) is 4.90 Å². The molecule has 3 aliphatic rings. The molecular formula is C14H25NO2S. The van der Waals surface area contributed by atoms with E-state index < -0.39 is 0 Å². The van der Waals surface area contributed by atoms with E-state index in [2.05, 4.69) is 4.90 Å². The number of nitrogens with zero attached hydrogens (tertiary/aromatic N) is 1. The van der Waals surface area contributed by atoms with Crippen molar-refractivity contribution in [3.05, 3.63) is 0 Å². The van der Waals surface area contributed by atoms with Crippen molar-refractivity contribution in [3.63, 3.8) is 0 Å². The number of likely N-dealkylation sites (tertiary alicyclic amines) is 1. The van der Waals surface area contributed by atoms with Gasteiger partial charge in [0.25, 0.3) is 0 Å². The Morgan fingerprint density at radius 3 is 3.11 bits per heavy atom. The summed E-state index contributed by atoms with van der Waals surface area (Å²) in [6.07, 6.45) is 6.11. The first kappa shape index (κ1) is 13.2. The van der Waals surface area contributed by atoms with Gasteiger partial charge in [0.2, 0.25) is 0 Å². The van der Waals surface area contributed by atoms with Crippen LogP contribution >= 0.6 is 11.8 Å². The molecule has 0 radical (unpaired) electrons. The topological polar surface area (TPSA) is 32.7 Å². The zero-order chi connectivity index (χ0) is 12.4. The van der Waals surface area contributed by atoms with Gasteiger partial charge in [0.05, 0.1) is 5.60 Å². The lowest BCUT2D eigenvalue weighted by Crippen LogP contribution is -2.51. The molecule has 3 atom stereocenters. The molecule has 0 saturated carbocycles. The van der Waals surface area contributed by atoms with Crippen LogP contribution in [-0.2, 0) is 4.74 Å². The second-order valence-electron chi connectivity index (χ2n) is 6.17. The normalized spacial score (nSPS) is 42.5. The van der Waals surface area contributed by atoms with E-state index in [0.717, 1.165) is 13.2 Å². The molecule has 3 nitrogen and oxygen atoms in total. The van der Waals surface area contributed by atoms with E-state index in [1.807, 2.05) is 11.8 Å². The van der Waals surface area contributed by atoms with E-state index in [1.54, 1.807) is 0 Å². The van der Waals surface area contributed by atoms with Crippen molar-refractivity contribution in [2.45, 2.75) is 43.7 Å². The summed E-state index contributed by atoms with van der Waals surface area (Å²) in [6.45, 7) is 3.63. The lowest BCUT2D eigenvalue weighted by atomic mass is 9.87. The summed E-state index contributed by atoms with van der Waals surface area (Å²) < 4.78 is 6.10.